The van der Waals surface area contributed by atoms with Crippen molar-refractivity contribution in [1.29, 1.82) is 0 Å². The summed E-state index contributed by atoms with van der Waals surface area (Å²) in [5, 5.41) is 8.90. The summed E-state index contributed by atoms with van der Waals surface area (Å²) in [7, 11) is -4.71. The number of carbonyl (C=O) groups is 3. The third kappa shape index (κ3) is 42.7. The molecule has 0 aliphatic rings. The van der Waals surface area contributed by atoms with Gasteiger partial charge in [0, 0.05) is 12.8 Å². The lowest BCUT2D eigenvalue weighted by molar-refractivity contribution is -0.161. The highest BCUT2D eigenvalue weighted by atomic mass is 31.2. The molecule has 0 fully saturated rings. The predicted molar refractivity (Wildman–Crippen MR) is 240 cm³/mol. The normalized spacial score (nSPS) is 13.7. The van der Waals surface area contributed by atoms with Crippen LogP contribution < -0.4 is 5.73 Å². The van der Waals surface area contributed by atoms with E-state index in [1.54, 1.807) is 0 Å². The predicted octanol–water partition coefficient (Wildman–Crippen LogP) is 13.2. The van der Waals surface area contributed by atoms with E-state index in [9.17, 15) is 23.8 Å². The molecule has 0 bridgehead atoms. The Balaban J connectivity index is 4.23. The Morgan fingerprint density at radius 3 is 1.24 bits per heavy atom. The fraction of sp³-hybridized carbons (Fsp3) is 0.894. The van der Waals surface area contributed by atoms with Gasteiger partial charge in [-0.15, -0.1) is 0 Å². The average molecular weight is 860 g/mol. The number of carbonyl (C=O) groups excluding carboxylic acids is 2. The van der Waals surface area contributed by atoms with Crippen molar-refractivity contribution < 1.29 is 47.5 Å². The molecule has 0 aromatic heterocycles. The van der Waals surface area contributed by atoms with E-state index in [1.165, 1.54) is 161 Å². The zero-order valence-electron chi connectivity index (χ0n) is 37.9. The lowest BCUT2D eigenvalue weighted by Crippen LogP contribution is -2.34. The number of hydrogen-bond donors (Lipinski definition) is 3. The Morgan fingerprint density at radius 1 is 0.508 bits per heavy atom. The molecular weight excluding hydrogens is 769 g/mol. The van der Waals surface area contributed by atoms with E-state index in [0.717, 1.165) is 38.5 Å². The third-order valence-electron chi connectivity index (χ3n) is 10.8. The second kappa shape index (κ2) is 42.9. The maximum Gasteiger partial charge on any atom is 0.472 e. The largest absolute Gasteiger partial charge is 0.480 e. The van der Waals surface area contributed by atoms with Crippen molar-refractivity contribution in [1.82, 2.24) is 0 Å². The number of phosphoric ester groups is 1. The summed E-state index contributed by atoms with van der Waals surface area (Å²) in [5.41, 5.74) is 5.34. The average Bonchev–Trinajstić information content (AvgIpc) is 3.21. The van der Waals surface area contributed by atoms with Crippen LogP contribution in [0.3, 0.4) is 0 Å². The van der Waals surface area contributed by atoms with Crippen molar-refractivity contribution in [2.24, 2.45) is 5.73 Å². The van der Waals surface area contributed by atoms with Gasteiger partial charge in [-0.05, 0) is 38.5 Å². The van der Waals surface area contributed by atoms with Crippen LogP contribution in [0.4, 0.5) is 0 Å². The van der Waals surface area contributed by atoms with E-state index in [-0.39, 0.29) is 19.4 Å². The van der Waals surface area contributed by atoms with Crippen molar-refractivity contribution in [2.45, 2.75) is 251 Å². The van der Waals surface area contributed by atoms with Gasteiger partial charge in [-0.25, -0.2) is 4.57 Å². The Bertz CT molecular complexity index is 1060. The van der Waals surface area contributed by atoms with Crippen LogP contribution in [0.15, 0.2) is 12.2 Å². The Labute approximate surface area is 360 Å². The van der Waals surface area contributed by atoms with Crippen LogP contribution in [-0.4, -0.2) is 59.9 Å². The van der Waals surface area contributed by atoms with Gasteiger partial charge in [-0.1, -0.05) is 199 Å². The third-order valence-corrected chi connectivity index (χ3v) is 11.7. The van der Waals surface area contributed by atoms with Crippen LogP contribution in [0.2, 0.25) is 0 Å². The number of nitrogens with two attached hydrogens (primary N) is 1. The van der Waals surface area contributed by atoms with Gasteiger partial charge in [-0.3, -0.25) is 23.4 Å². The summed E-state index contributed by atoms with van der Waals surface area (Å²) in [6.45, 7) is 2.84. The Kier molecular flexibility index (Phi) is 41.6. The molecule has 12 heteroatoms. The molecule has 1 unspecified atom stereocenters. The molecule has 348 valence electrons. The van der Waals surface area contributed by atoms with Crippen LogP contribution >= 0.6 is 7.82 Å². The summed E-state index contributed by atoms with van der Waals surface area (Å²) in [6, 6.07) is -1.52. The van der Waals surface area contributed by atoms with E-state index in [4.69, 9.17) is 24.8 Å². The number of carboxylic acid groups (broad SMARTS) is 1. The maximum atomic E-state index is 12.7. The first-order chi connectivity index (χ1) is 28.6. The van der Waals surface area contributed by atoms with E-state index in [2.05, 4.69) is 30.5 Å². The summed E-state index contributed by atoms with van der Waals surface area (Å²) in [4.78, 5) is 46.1. The van der Waals surface area contributed by atoms with Gasteiger partial charge in [0.1, 0.15) is 12.6 Å². The highest BCUT2D eigenvalue weighted by Crippen LogP contribution is 2.43. The molecule has 0 spiro atoms. The monoisotopic (exact) mass is 860 g/mol. The fourth-order valence-corrected chi connectivity index (χ4v) is 7.72. The fourth-order valence-electron chi connectivity index (χ4n) is 6.94. The molecule has 3 atom stereocenters. The highest BCUT2D eigenvalue weighted by molar-refractivity contribution is 7.47. The first kappa shape index (κ1) is 57.2. The molecule has 11 nitrogen and oxygen atoms in total. The van der Waals surface area contributed by atoms with Crippen LogP contribution in [0.5, 0.6) is 0 Å². The van der Waals surface area contributed by atoms with Crippen LogP contribution in [0, 0.1) is 0 Å². The quantitative estimate of drug-likeness (QED) is 0.0230. The maximum absolute atomic E-state index is 12.7. The Hall–Kier alpha value is -1.78. The van der Waals surface area contributed by atoms with Crippen molar-refractivity contribution >= 4 is 25.7 Å². The SMILES string of the molecule is CCCCCCCC/C=C/CCCCCCCCCCCCCC(=O)O[C@@H](COC(=O)CCCCCCCCCCCCCCCC)COP(=O)(O)OC[C@H](N)C(=O)O. The van der Waals surface area contributed by atoms with E-state index < -0.39 is 51.1 Å². The molecule has 0 aliphatic heterocycles. The van der Waals surface area contributed by atoms with Crippen molar-refractivity contribution in [3.8, 4) is 0 Å². The first-order valence-electron chi connectivity index (χ1n) is 24.2. The van der Waals surface area contributed by atoms with E-state index >= 15 is 0 Å². The van der Waals surface area contributed by atoms with E-state index in [0.29, 0.717) is 12.8 Å². The summed E-state index contributed by atoms with van der Waals surface area (Å²) in [5.74, 6) is -2.36. The highest BCUT2D eigenvalue weighted by Gasteiger charge is 2.28. The zero-order chi connectivity index (χ0) is 43.5. The number of allylic oxidation sites excluding steroid dienone is 2. The summed E-state index contributed by atoms with van der Waals surface area (Å²) >= 11 is 0. The second-order valence-corrected chi connectivity index (χ2v) is 18.1. The van der Waals surface area contributed by atoms with Gasteiger partial charge < -0.3 is 25.2 Å². The minimum atomic E-state index is -4.71. The summed E-state index contributed by atoms with van der Waals surface area (Å²) < 4.78 is 32.8. The Morgan fingerprint density at radius 2 is 0.847 bits per heavy atom. The van der Waals surface area contributed by atoms with Gasteiger partial charge >= 0.3 is 25.7 Å². The number of phosphoric acid groups is 1. The molecule has 0 aromatic carbocycles. The lowest BCUT2D eigenvalue weighted by atomic mass is 10.0. The molecule has 0 rings (SSSR count). The standard InChI is InChI=1S/C47H90NO10P/c1-3-5-7-9-11-13-15-17-19-20-21-22-23-24-25-27-29-31-33-35-37-39-46(50)58-43(41-56-59(53,54)57-42-44(48)47(51)52)40-55-45(49)38-36-34-32-30-28-26-18-16-14-12-10-8-6-4-2/h17,19,43-44H,3-16,18,20-42,48H2,1-2H3,(H,51,52)(H,53,54)/b19-17+/t43-,44-/m0/s1. The molecule has 4 N–H and O–H groups in total. The van der Waals surface area contributed by atoms with Crippen molar-refractivity contribution in [2.75, 3.05) is 19.8 Å². The first-order valence-corrected chi connectivity index (χ1v) is 25.7. The number of ether oxygens (including phenoxy) is 2. The van der Waals surface area contributed by atoms with Crippen molar-refractivity contribution in [3.63, 3.8) is 0 Å². The number of rotatable bonds is 46. The molecule has 0 saturated heterocycles. The van der Waals surface area contributed by atoms with Crippen LogP contribution in [0.25, 0.3) is 0 Å². The minimum Gasteiger partial charge on any atom is -0.480 e. The molecule has 0 heterocycles. The van der Waals surface area contributed by atoms with Crippen LogP contribution in [-0.2, 0) is 37.5 Å². The minimum absolute atomic E-state index is 0.165. The number of carboxylic acids is 1. The van der Waals surface area contributed by atoms with Gasteiger partial charge in [0.05, 0.1) is 13.2 Å². The molecule has 59 heavy (non-hydrogen) atoms. The second-order valence-electron chi connectivity index (χ2n) is 16.6. The van der Waals surface area contributed by atoms with Gasteiger partial charge in [0.2, 0.25) is 0 Å². The molecular formula is C47H90NO10P. The molecule has 0 amide bonds. The molecule has 0 saturated carbocycles. The molecule has 0 radical (unpaired) electrons. The number of aliphatic carboxylic acids is 1. The van der Waals surface area contributed by atoms with Gasteiger partial charge in [-0.2, -0.15) is 0 Å². The van der Waals surface area contributed by atoms with Gasteiger partial charge in [0.25, 0.3) is 0 Å². The zero-order valence-corrected chi connectivity index (χ0v) is 38.8. The van der Waals surface area contributed by atoms with Crippen molar-refractivity contribution in [3.05, 3.63) is 12.2 Å². The molecule has 0 aromatic rings. The topological polar surface area (TPSA) is 172 Å². The number of unbranched alkanes of at least 4 members (excludes halogenated alkanes) is 30. The van der Waals surface area contributed by atoms with Crippen LogP contribution in [0.1, 0.15) is 239 Å². The molecule has 0 aliphatic carbocycles. The van der Waals surface area contributed by atoms with E-state index in [1.807, 2.05) is 0 Å². The van der Waals surface area contributed by atoms with Gasteiger partial charge in [0.15, 0.2) is 6.10 Å². The smallest absolute Gasteiger partial charge is 0.472 e. The lowest BCUT2D eigenvalue weighted by Gasteiger charge is -2.20. The number of hydrogen-bond acceptors (Lipinski definition) is 9. The number of esters is 2. The summed E-state index contributed by atoms with van der Waals surface area (Å²) in [6.07, 6.45) is 44.1.